The lowest BCUT2D eigenvalue weighted by Crippen LogP contribution is -2.36. The summed E-state index contributed by atoms with van der Waals surface area (Å²) in [5.74, 6) is 0.345. The minimum atomic E-state index is -0.343. The van der Waals surface area contributed by atoms with Crippen LogP contribution < -0.4 is 15.6 Å². The summed E-state index contributed by atoms with van der Waals surface area (Å²) in [6.07, 6.45) is 6.50. The fourth-order valence-corrected chi connectivity index (χ4v) is 4.03. The molecule has 10 nitrogen and oxygen atoms in total. The summed E-state index contributed by atoms with van der Waals surface area (Å²) >= 11 is 0. The molecule has 1 aromatic carbocycles. The summed E-state index contributed by atoms with van der Waals surface area (Å²) in [7, 11) is 2.09. The van der Waals surface area contributed by atoms with Crippen molar-refractivity contribution in [3.8, 4) is 11.8 Å². The molecule has 1 aliphatic rings. The van der Waals surface area contributed by atoms with Crippen molar-refractivity contribution in [2.24, 2.45) is 0 Å². The molecule has 0 aliphatic carbocycles. The Morgan fingerprint density at radius 2 is 1.94 bits per heavy atom. The topological polar surface area (TPSA) is 103 Å². The molecule has 4 aromatic rings. The molecule has 180 valence electrons. The van der Waals surface area contributed by atoms with Crippen molar-refractivity contribution in [2.45, 2.75) is 25.5 Å². The van der Waals surface area contributed by atoms with Gasteiger partial charge in [0, 0.05) is 37.2 Å². The molecule has 1 fully saturated rings. The average molecular weight is 477 g/mol. The SMILES string of the molecule is C=CCn1c(=O)c2cnc(Nc3ccc(F)cc3)nc2n1-c1ccnc(OC2CCN(C)CC2)n1. The third kappa shape index (κ3) is 4.76. The number of halogens is 1. The van der Waals surface area contributed by atoms with E-state index < -0.39 is 0 Å². The van der Waals surface area contributed by atoms with Crippen LogP contribution in [-0.2, 0) is 6.54 Å². The number of aromatic nitrogens is 6. The van der Waals surface area contributed by atoms with Gasteiger partial charge in [0.15, 0.2) is 11.5 Å². The van der Waals surface area contributed by atoms with E-state index in [4.69, 9.17) is 4.74 Å². The number of rotatable bonds is 7. The van der Waals surface area contributed by atoms with Gasteiger partial charge in [-0.2, -0.15) is 9.97 Å². The lowest BCUT2D eigenvalue weighted by molar-refractivity contribution is 0.105. The van der Waals surface area contributed by atoms with Gasteiger partial charge >= 0.3 is 6.01 Å². The third-order valence-electron chi connectivity index (χ3n) is 5.85. The van der Waals surface area contributed by atoms with E-state index in [0.29, 0.717) is 22.5 Å². The van der Waals surface area contributed by atoms with E-state index in [2.05, 4.69) is 43.8 Å². The number of hydrogen-bond donors (Lipinski definition) is 1. The molecular formula is C24H25FN8O2. The fraction of sp³-hybridized carbons (Fsp3) is 0.292. The molecule has 3 aromatic heterocycles. The number of nitrogens with one attached hydrogen (secondary N) is 1. The highest BCUT2D eigenvalue weighted by Gasteiger charge is 2.21. The van der Waals surface area contributed by atoms with Crippen molar-refractivity contribution in [3.63, 3.8) is 0 Å². The lowest BCUT2D eigenvalue weighted by Gasteiger charge is -2.28. The highest BCUT2D eigenvalue weighted by molar-refractivity contribution is 5.77. The zero-order chi connectivity index (χ0) is 24.4. The van der Waals surface area contributed by atoms with E-state index in [-0.39, 0.29) is 36.0 Å². The lowest BCUT2D eigenvalue weighted by atomic mass is 10.1. The predicted molar refractivity (Wildman–Crippen MR) is 130 cm³/mol. The molecule has 0 unspecified atom stereocenters. The van der Waals surface area contributed by atoms with Crippen LogP contribution in [0.1, 0.15) is 12.8 Å². The fourth-order valence-electron chi connectivity index (χ4n) is 4.03. The molecule has 0 radical (unpaired) electrons. The summed E-state index contributed by atoms with van der Waals surface area (Å²) in [5, 5.41) is 3.36. The first-order valence-electron chi connectivity index (χ1n) is 11.3. The van der Waals surface area contributed by atoms with Crippen molar-refractivity contribution in [2.75, 3.05) is 25.5 Å². The van der Waals surface area contributed by atoms with E-state index in [1.54, 1.807) is 35.2 Å². The molecule has 0 atom stereocenters. The molecule has 0 bridgehead atoms. The van der Waals surface area contributed by atoms with Crippen LogP contribution in [0.5, 0.6) is 6.01 Å². The molecule has 1 N–H and O–H groups in total. The number of anilines is 2. The van der Waals surface area contributed by atoms with E-state index in [0.717, 1.165) is 25.9 Å². The second-order valence-corrected chi connectivity index (χ2v) is 8.37. The maximum Gasteiger partial charge on any atom is 0.318 e. The Bertz CT molecular complexity index is 1410. The Labute approximate surface area is 200 Å². The normalized spacial score (nSPS) is 14.8. The van der Waals surface area contributed by atoms with Gasteiger partial charge in [0.2, 0.25) is 5.95 Å². The van der Waals surface area contributed by atoms with Crippen LogP contribution in [0.25, 0.3) is 16.9 Å². The Hall–Kier alpha value is -4.12. The number of nitrogens with zero attached hydrogens (tertiary/aromatic N) is 7. The van der Waals surface area contributed by atoms with Crippen LogP contribution >= 0.6 is 0 Å². The molecule has 0 saturated carbocycles. The first kappa shape index (κ1) is 22.7. The zero-order valence-corrected chi connectivity index (χ0v) is 19.3. The van der Waals surface area contributed by atoms with Gasteiger partial charge in [-0.3, -0.25) is 4.79 Å². The Morgan fingerprint density at radius 1 is 1.17 bits per heavy atom. The van der Waals surface area contributed by atoms with Crippen LogP contribution in [0, 0.1) is 5.82 Å². The molecule has 0 amide bonds. The molecule has 1 saturated heterocycles. The third-order valence-corrected chi connectivity index (χ3v) is 5.85. The first-order valence-corrected chi connectivity index (χ1v) is 11.3. The summed E-state index contributed by atoms with van der Waals surface area (Å²) in [5.41, 5.74) is 0.700. The number of fused-ring (bicyclic) bond motifs is 1. The standard InChI is InChI=1S/C24H25FN8O2/c1-3-12-32-22(34)19-15-27-23(28-17-6-4-16(25)5-7-17)30-21(19)33(32)20-8-11-26-24(29-20)35-18-9-13-31(2)14-10-18/h3-8,11,15,18H,1,9-10,12-14H2,2H3,(H,27,28,30). The Morgan fingerprint density at radius 3 is 2.69 bits per heavy atom. The van der Waals surface area contributed by atoms with Crippen LogP contribution in [0.3, 0.4) is 0 Å². The monoisotopic (exact) mass is 476 g/mol. The second kappa shape index (κ2) is 9.63. The van der Waals surface area contributed by atoms with Crippen molar-refractivity contribution < 1.29 is 9.13 Å². The number of hydrogen-bond acceptors (Lipinski definition) is 8. The van der Waals surface area contributed by atoms with Gasteiger partial charge in [0.1, 0.15) is 17.3 Å². The second-order valence-electron chi connectivity index (χ2n) is 8.37. The van der Waals surface area contributed by atoms with Crippen molar-refractivity contribution in [1.82, 2.24) is 34.2 Å². The summed E-state index contributed by atoms with van der Waals surface area (Å²) in [6, 6.07) is 7.77. The molecular weight excluding hydrogens is 451 g/mol. The number of likely N-dealkylation sites (tertiary alicyclic amines) is 1. The number of piperidine rings is 1. The van der Waals surface area contributed by atoms with Crippen LogP contribution in [0.4, 0.5) is 16.0 Å². The first-order chi connectivity index (χ1) is 17.0. The van der Waals surface area contributed by atoms with Crippen molar-refractivity contribution in [3.05, 3.63) is 71.6 Å². The molecule has 5 rings (SSSR count). The Kier molecular flexibility index (Phi) is 6.23. The van der Waals surface area contributed by atoms with Crippen LogP contribution in [0.15, 0.2) is 60.2 Å². The molecule has 1 aliphatic heterocycles. The maximum atomic E-state index is 13.3. The van der Waals surface area contributed by atoms with Gasteiger partial charge in [0.25, 0.3) is 5.56 Å². The van der Waals surface area contributed by atoms with E-state index in [1.807, 2.05) is 0 Å². The predicted octanol–water partition coefficient (Wildman–Crippen LogP) is 2.91. The van der Waals surface area contributed by atoms with E-state index in [1.165, 1.54) is 23.0 Å². The quantitative estimate of drug-likeness (QED) is 0.406. The molecule has 4 heterocycles. The van der Waals surface area contributed by atoms with Crippen LogP contribution in [-0.4, -0.2) is 60.4 Å². The zero-order valence-electron chi connectivity index (χ0n) is 19.3. The van der Waals surface area contributed by atoms with Gasteiger partial charge in [0.05, 0.1) is 6.54 Å². The number of benzene rings is 1. The highest BCUT2D eigenvalue weighted by atomic mass is 19.1. The van der Waals surface area contributed by atoms with Gasteiger partial charge in [-0.1, -0.05) is 6.08 Å². The van der Waals surface area contributed by atoms with E-state index >= 15 is 0 Å². The van der Waals surface area contributed by atoms with Crippen molar-refractivity contribution in [1.29, 1.82) is 0 Å². The minimum Gasteiger partial charge on any atom is -0.460 e. The highest BCUT2D eigenvalue weighted by Crippen LogP contribution is 2.20. The van der Waals surface area contributed by atoms with Gasteiger partial charge in [-0.15, -0.1) is 6.58 Å². The Balaban J connectivity index is 1.53. The number of allylic oxidation sites excluding steroid dienone is 1. The minimum absolute atomic E-state index is 0.0343. The molecule has 35 heavy (non-hydrogen) atoms. The van der Waals surface area contributed by atoms with E-state index in [9.17, 15) is 9.18 Å². The van der Waals surface area contributed by atoms with Crippen LogP contribution in [0.2, 0.25) is 0 Å². The van der Waals surface area contributed by atoms with Crippen molar-refractivity contribution >= 4 is 22.7 Å². The molecule has 11 heteroatoms. The summed E-state index contributed by atoms with van der Waals surface area (Å²) in [6.45, 7) is 5.91. The largest absolute Gasteiger partial charge is 0.460 e. The average Bonchev–Trinajstić information content (AvgIpc) is 3.13. The smallest absolute Gasteiger partial charge is 0.318 e. The van der Waals surface area contributed by atoms with Gasteiger partial charge in [-0.05, 0) is 44.2 Å². The maximum absolute atomic E-state index is 13.3. The van der Waals surface area contributed by atoms with Gasteiger partial charge in [-0.25, -0.2) is 23.7 Å². The number of ether oxygens (including phenoxy) is 1. The summed E-state index contributed by atoms with van der Waals surface area (Å²) < 4.78 is 22.4. The molecule has 0 spiro atoms. The van der Waals surface area contributed by atoms with Gasteiger partial charge < -0.3 is 15.0 Å². The summed E-state index contributed by atoms with van der Waals surface area (Å²) in [4.78, 5) is 33.1.